The molecule has 1 aromatic carbocycles. The Bertz CT molecular complexity index is 1700. The summed E-state index contributed by atoms with van der Waals surface area (Å²) in [4.78, 5) is 36.9. The molecule has 14 heteroatoms. The van der Waals surface area contributed by atoms with E-state index in [4.69, 9.17) is 16.0 Å². The first kappa shape index (κ1) is 27.9. The van der Waals surface area contributed by atoms with Crippen LogP contribution in [-0.4, -0.2) is 71.1 Å². The molecule has 2 aliphatic heterocycles. The Balaban J connectivity index is 1.24. The van der Waals surface area contributed by atoms with E-state index in [0.29, 0.717) is 33.2 Å². The van der Waals surface area contributed by atoms with Gasteiger partial charge in [-0.25, -0.2) is 13.4 Å². The van der Waals surface area contributed by atoms with Crippen LogP contribution in [0.15, 0.2) is 52.1 Å². The van der Waals surface area contributed by atoms with E-state index < -0.39 is 16.1 Å². The Hall–Kier alpha value is -3.23. The molecule has 1 fully saturated rings. The number of fused-ring (bicyclic) bond motifs is 2. The van der Waals surface area contributed by atoms with Crippen LogP contribution >= 0.6 is 22.9 Å². The highest BCUT2D eigenvalue weighted by molar-refractivity contribution is 7.89. The fourth-order valence-electron chi connectivity index (χ4n) is 5.25. The summed E-state index contributed by atoms with van der Waals surface area (Å²) in [6, 6.07) is 9.71. The van der Waals surface area contributed by atoms with Crippen LogP contribution in [0.5, 0.6) is 0 Å². The topological polar surface area (TPSA) is 141 Å². The fraction of sp³-hybridized carbons (Fsp3) is 0.370. The Morgan fingerprint density at radius 1 is 1.24 bits per heavy atom. The van der Waals surface area contributed by atoms with Gasteiger partial charge in [0.1, 0.15) is 10.8 Å². The lowest BCUT2D eigenvalue weighted by Gasteiger charge is -2.40. The van der Waals surface area contributed by atoms with Crippen molar-refractivity contribution in [1.29, 1.82) is 0 Å². The number of furan rings is 1. The second-order valence-corrected chi connectivity index (χ2v) is 13.7. The molecule has 5 heterocycles. The summed E-state index contributed by atoms with van der Waals surface area (Å²) in [6.45, 7) is 3.08. The number of aromatic amines is 1. The van der Waals surface area contributed by atoms with Crippen molar-refractivity contribution in [3.63, 3.8) is 0 Å². The molecule has 2 aliphatic rings. The third-order valence-electron chi connectivity index (χ3n) is 7.41. The summed E-state index contributed by atoms with van der Waals surface area (Å²) < 4.78 is 34.0. The number of piperazine rings is 1. The molecular formula is C27H29ClN6O5S2. The van der Waals surface area contributed by atoms with Crippen molar-refractivity contribution in [3.8, 4) is 0 Å². The van der Waals surface area contributed by atoms with Crippen LogP contribution in [0.4, 0.5) is 0 Å². The zero-order valence-corrected chi connectivity index (χ0v) is 24.6. The van der Waals surface area contributed by atoms with Gasteiger partial charge in [-0.3, -0.25) is 9.59 Å². The van der Waals surface area contributed by atoms with E-state index in [-0.39, 0.29) is 55.5 Å². The number of aromatic nitrogens is 2. The monoisotopic (exact) mass is 616 g/mol. The third kappa shape index (κ3) is 5.77. The number of benzene rings is 1. The molecule has 3 aromatic heterocycles. The average molecular weight is 617 g/mol. The molecule has 1 saturated heterocycles. The predicted molar refractivity (Wildman–Crippen MR) is 154 cm³/mol. The van der Waals surface area contributed by atoms with Gasteiger partial charge in [-0.05, 0) is 43.3 Å². The second-order valence-electron chi connectivity index (χ2n) is 10.3. The largest absolute Gasteiger partial charge is 0.467 e. The number of halogens is 1. The number of sulfonamides is 1. The smallest absolute Gasteiger partial charge is 0.283 e. The van der Waals surface area contributed by atoms with Crippen molar-refractivity contribution in [2.45, 2.75) is 50.0 Å². The number of H-pyrrole nitrogens is 1. The molecular weight excluding hydrogens is 588 g/mol. The van der Waals surface area contributed by atoms with Crippen molar-refractivity contribution in [3.05, 3.63) is 69.0 Å². The Labute approximate surface area is 245 Å². The average Bonchev–Trinajstić information content (AvgIpc) is 3.71. The first-order valence-corrected chi connectivity index (χ1v) is 15.9. The highest BCUT2D eigenvalue weighted by Gasteiger charge is 2.39. The molecule has 11 nitrogen and oxygen atoms in total. The predicted octanol–water partition coefficient (Wildman–Crippen LogP) is 3.13. The van der Waals surface area contributed by atoms with E-state index in [0.717, 1.165) is 17.0 Å². The van der Waals surface area contributed by atoms with Crippen molar-refractivity contribution >= 4 is 55.7 Å². The number of carbonyl (C=O) groups excluding carboxylic acids is 2. The molecule has 2 atom stereocenters. The van der Waals surface area contributed by atoms with Gasteiger partial charge >= 0.3 is 0 Å². The molecule has 0 bridgehead atoms. The molecule has 41 heavy (non-hydrogen) atoms. The van der Waals surface area contributed by atoms with Crippen molar-refractivity contribution in [2.75, 3.05) is 19.6 Å². The second kappa shape index (κ2) is 11.2. The summed E-state index contributed by atoms with van der Waals surface area (Å²) in [5.41, 5.74) is 1.56. The molecule has 2 amide bonds. The fourth-order valence-corrected chi connectivity index (χ4v) is 7.91. The maximum atomic E-state index is 13.7. The Morgan fingerprint density at radius 2 is 2.10 bits per heavy atom. The lowest BCUT2D eigenvalue weighted by Crippen LogP contribution is -2.57. The molecule has 0 aliphatic carbocycles. The Morgan fingerprint density at radius 3 is 2.90 bits per heavy atom. The quantitative estimate of drug-likeness (QED) is 0.290. The van der Waals surface area contributed by atoms with Crippen LogP contribution in [0.3, 0.4) is 0 Å². The van der Waals surface area contributed by atoms with Gasteiger partial charge in [0.2, 0.25) is 5.91 Å². The number of hydrogen-bond acceptors (Lipinski definition) is 8. The molecule has 216 valence electrons. The van der Waals surface area contributed by atoms with Crippen LogP contribution in [-0.2, 0) is 34.3 Å². The zero-order valence-electron chi connectivity index (χ0n) is 22.2. The molecule has 6 rings (SSSR count). The standard InChI is InChI=1S/C27H29ClN6O5S2/c1-16-9-22-23(14-29-16)40-26(32-22)27(36)34-7-6-33(15-19(34)12-24(35)30-13-20-3-2-8-39-20)41(37,38)25-11-17-10-18(28)4-5-21(17)31-25/h2-5,8,10-11,16,19,29,31H,6-7,9,12-15H2,1H3,(H,30,35). The summed E-state index contributed by atoms with van der Waals surface area (Å²) in [6.07, 6.45) is 2.18. The SMILES string of the molecule is CC1Cc2nc(C(=O)N3CCN(S(=O)(=O)c4cc5cc(Cl)ccc5[nH]4)CC3CC(=O)NCc3ccco3)sc2CN1. The minimum absolute atomic E-state index is 0.0322. The summed E-state index contributed by atoms with van der Waals surface area (Å²) in [5.74, 6) is -0.0207. The number of amides is 2. The summed E-state index contributed by atoms with van der Waals surface area (Å²) >= 11 is 7.44. The maximum absolute atomic E-state index is 13.7. The lowest BCUT2D eigenvalue weighted by atomic mass is 10.1. The number of nitrogens with one attached hydrogen (secondary N) is 3. The third-order valence-corrected chi connectivity index (χ3v) is 10.5. The Kier molecular flexibility index (Phi) is 7.64. The van der Waals surface area contributed by atoms with Gasteiger partial charge in [0, 0.05) is 65.9 Å². The first-order valence-electron chi connectivity index (χ1n) is 13.3. The van der Waals surface area contributed by atoms with E-state index >= 15 is 0 Å². The van der Waals surface area contributed by atoms with Gasteiger partial charge in [-0.15, -0.1) is 11.3 Å². The minimum Gasteiger partial charge on any atom is -0.467 e. The van der Waals surface area contributed by atoms with Gasteiger partial charge in [0.05, 0.1) is 24.5 Å². The van der Waals surface area contributed by atoms with Crippen molar-refractivity contribution in [2.24, 2.45) is 0 Å². The van der Waals surface area contributed by atoms with Gasteiger partial charge in [-0.2, -0.15) is 4.31 Å². The van der Waals surface area contributed by atoms with Crippen LogP contribution in [0, 0.1) is 0 Å². The molecule has 4 aromatic rings. The van der Waals surface area contributed by atoms with E-state index in [2.05, 4.69) is 27.5 Å². The van der Waals surface area contributed by atoms with E-state index in [9.17, 15) is 18.0 Å². The van der Waals surface area contributed by atoms with Gasteiger partial charge in [-0.1, -0.05) is 11.6 Å². The van der Waals surface area contributed by atoms with Gasteiger partial charge < -0.3 is 24.9 Å². The van der Waals surface area contributed by atoms with E-state index in [1.165, 1.54) is 21.9 Å². The summed E-state index contributed by atoms with van der Waals surface area (Å²) in [5, 5.41) is 7.76. The van der Waals surface area contributed by atoms with Crippen LogP contribution < -0.4 is 10.6 Å². The number of nitrogens with zero attached hydrogens (tertiary/aromatic N) is 3. The zero-order chi connectivity index (χ0) is 28.7. The maximum Gasteiger partial charge on any atom is 0.283 e. The first-order chi connectivity index (χ1) is 19.7. The highest BCUT2D eigenvalue weighted by Crippen LogP contribution is 2.29. The molecule has 2 unspecified atom stereocenters. The highest BCUT2D eigenvalue weighted by atomic mass is 35.5. The van der Waals surface area contributed by atoms with Crippen molar-refractivity contribution < 1.29 is 22.4 Å². The number of rotatable bonds is 7. The molecule has 0 spiro atoms. The van der Waals surface area contributed by atoms with Crippen LogP contribution in [0.2, 0.25) is 5.02 Å². The van der Waals surface area contributed by atoms with E-state index in [1.54, 1.807) is 41.3 Å². The molecule has 0 radical (unpaired) electrons. The summed E-state index contributed by atoms with van der Waals surface area (Å²) in [7, 11) is -3.95. The van der Waals surface area contributed by atoms with Crippen LogP contribution in [0.25, 0.3) is 10.9 Å². The molecule has 0 saturated carbocycles. The lowest BCUT2D eigenvalue weighted by molar-refractivity contribution is -0.122. The van der Waals surface area contributed by atoms with Crippen molar-refractivity contribution in [1.82, 2.24) is 29.8 Å². The van der Waals surface area contributed by atoms with Crippen LogP contribution in [0.1, 0.15) is 39.5 Å². The van der Waals surface area contributed by atoms with Gasteiger partial charge in [0.25, 0.3) is 15.9 Å². The number of hydrogen-bond donors (Lipinski definition) is 3. The number of thiazole rings is 1. The number of carbonyl (C=O) groups is 2. The molecule has 3 N–H and O–H groups in total. The van der Waals surface area contributed by atoms with Gasteiger partial charge in [0.15, 0.2) is 5.01 Å². The van der Waals surface area contributed by atoms with E-state index in [1.807, 2.05) is 0 Å². The normalized spacial score (nSPS) is 19.8. The minimum atomic E-state index is -3.95.